The number of carbonyl (C=O) groups excluding carboxylic acids is 1. The van der Waals surface area contributed by atoms with Gasteiger partial charge in [-0.25, -0.2) is 14.2 Å². The first kappa shape index (κ1) is 25.1. The zero-order valence-electron chi connectivity index (χ0n) is 21.3. The Labute approximate surface area is 205 Å². The maximum Gasteiger partial charge on any atom is 0.494 e. The SMILES string of the molecule is CC(C)(C)OC(=O)N1C[C@@](C)(F)C[C@H]1c1ncc(-c2ccc(B3OC(C)(C)C(C)(C)O3)cc2)s1. The number of thiazole rings is 1. The van der Waals surface area contributed by atoms with E-state index in [-0.39, 0.29) is 13.0 Å². The summed E-state index contributed by atoms with van der Waals surface area (Å²) in [6, 6.07) is 7.57. The van der Waals surface area contributed by atoms with Gasteiger partial charge in [-0.2, -0.15) is 0 Å². The highest BCUT2D eigenvalue weighted by molar-refractivity contribution is 7.15. The monoisotopic (exact) mass is 488 g/mol. The van der Waals surface area contributed by atoms with Gasteiger partial charge >= 0.3 is 13.2 Å². The first-order valence-electron chi connectivity index (χ1n) is 11.7. The first-order valence-corrected chi connectivity index (χ1v) is 12.5. The molecule has 2 aromatic rings. The van der Waals surface area contributed by atoms with Crippen LogP contribution in [0.2, 0.25) is 0 Å². The highest BCUT2D eigenvalue weighted by atomic mass is 32.1. The third kappa shape index (κ3) is 5.02. The topological polar surface area (TPSA) is 60.9 Å². The number of rotatable bonds is 3. The fraction of sp³-hybridized carbons (Fsp3) is 0.600. The van der Waals surface area contributed by atoms with Crippen LogP contribution in [-0.2, 0) is 14.0 Å². The molecule has 0 spiro atoms. The largest absolute Gasteiger partial charge is 0.494 e. The van der Waals surface area contributed by atoms with Crippen molar-refractivity contribution in [2.24, 2.45) is 0 Å². The summed E-state index contributed by atoms with van der Waals surface area (Å²) in [6.45, 7) is 15.1. The van der Waals surface area contributed by atoms with Crippen LogP contribution >= 0.6 is 11.3 Å². The van der Waals surface area contributed by atoms with Crippen LogP contribution in [0.25, 0.3) is 10.4 Å². The molecular formula is C25H34BFN2O4S. The van der Waals surface area contributed by atoms with Gasteiger partial charge < -0.3 is 14.0 Å². The Hall–Kier alpha value is -1.97. The average molecular weight is 488 g/mol. The minimum absolute atomic E-state index is 0.00965. The Morgan fingerprint density at radius 1 is 1.15 bits per heavy atom. The van der Waals surface area contributed by atoms with Gasteiger partial charge in [-0.15, -0.1) is 11.3 Å². The molecule has 4 rings (SSSR count). The van der Waals surface area contributed by atoms with E-state index in [0.717, 1.165) is 15.9 Å². The Kier molecular flexibility index (Phi) is 6.15. The van der Waals surface area contributed by atoms with E-state index in [0.29, 0.717) is 5.01 Å². The zero-order valence-corrected chi connectivity index (χ0v) is 22.1. The molecule has 0 N–H and O–H groups in total. The van der Waals surface area contributed by atoms with Crippen LogP contribution in [0.3, 0.4) is 0 Å². The molecule has 0 saturated carbocycles. The molecule has 3 heterocycles. The minimum Gasteiger partial charge on any atom is -0.444 e. The summed E-state index contributed by atoms with van der Waals surface area (Å²) in [4.78, 5) is 19.7. The molecule has 9 heteroatoms. The fourth-order valence-electron chi connectivity index (χ4n) is 4.14. The standard InChI is InChI=1S/C25H34BFN2O4S/c1-22(2,3)31-21(30)29-15-25(8,27)13-18(29)20-28-14-19(34-20)16-9-11-17(12-10-16)26-32-23(4,5)24(6,7)33-26/h9-12,14,18H,13,15H2,1-8H3/t18-,25-/m0/s1. The molecule has 2 aliphatic heterocycles. The predicted octanol–water partition coefficient (Wildman–Crippen LogP) is 5.52. The molecule has 2 fully saturated rings. The zero-order chi connectivity index (χ0) is 25.1. The summed E-state index contributed by atoms with van der Waals surface area (Å²) in [5, 5.41) is 0.706. The Morgan fingerprint density at radius 2 is 1.74 bits per heavy atom. The number of likely N-dealkylation sites (tertiary alicyclic amines) is 1. The molecule has 2 aliphatic rings. The Bertz CT molecular complexity index is 1050. The summed E-state index contributed by atoms with van der Waals surface area (Å²) >= 11 is 1.47. The van der Waals surface area contributed by atoms with Crippen molar-refractivity contribution in [1.82, 2.24) is 9.88 Å². The smallest absolute Gasteiger partial charge is 0.444 e. The van der Waals surface area contributed by atoms with E-state index in [1.807, 2.05) is 52.0 Å². The van der Waals surface area contributed by atoms with Crippen molar-refractivity contribution in [1.29, 1.82) is 0 Å². The van der Waals surface area contributed by atoms with E-state index in [1.54, 1.807) is 27.0 Å². The Balaban J connectivity index is 1.52. The van der Waals surface area contributed by atoms with Crippen molar-refractivity contribution in [3.05, 3.63) is 35.5 Å². The molecule has 0 radical (unpaired) electrons. The highest BCUT2D eigenvalue weighted by Gasteiger charge is 2.51. The Morgan fingerprint density at radius 3 is 2.29 bits per heavy atom. The number of alkyl halides is 1. The molecule has 0 unspecified atom stereocenters. The second kappa shape index (κ2) is 8.31. The maximum absolute atomic E-state index is 14.9. The average Bonchev–Trinajstić information content (AvgIpc) is 3.35. The van der Waals surface area contributed by atoms with Crippen LogP contribution in [-0.4, -0.2) is 52.1 Å². The van der Waals surface area contributed by atoms with Gasteiger partial charge in [-0.1, -0.05) is 24.3 Å². The molecule has 34 heavy (non-hydrogen) atoms. The van der Waals surface area contributed by atoms with E-state index in [2.05, 4.69) is 4.98 Å². The van der Waals surface area contributed by atoms with Gasteiger partial charge in [0.05, 0.1) is 28.7 Å². The minimum atomic E-state index is -1.49. The van der Waals surface area contributed by atoms with Gasteiger partial charge in [0.25, 0.3) is 0 Å². The maximum atomic E-state index is 14.9. The van der Waals surface area contributed by atoms with Crippen molar-refractivity contribution < 1.29 is 23.2 Å². The number of halogens is 1. The lowest BCUT2D eigenvalue weighted by atomic mass is 9.79. The van der Waals surface area contributed by atoms with Crippen molar-refractivity contribution in [3.8, 4) is 10.4 Å². The number of hydrogen-bond acceptors (Lipinski definition) is 6. The number of ether oxygens (including phenoxy) is 1. The highest BCUT2D eigenvalue weighted by Crippen LogP contribution is 2.43. The molecule has 2 atom stereocenters. The molecule has 184 valence electrons. The molecule has 0 bridgehead atoms. The van der Waals surface area contributed by atoms with E-state index >= 15 is 0 Å². The third-order valence-electron chi connectivity index (χ3n) is 6.65. The van der Waals surface area contributed by atoms with Crippen molar-refractivity contribution >= 4 is 30.0 Å². The predicted molar refractivity (Wildman–Crippen MR) is 133 cm³/mol. The van der Waals surface area contributed by atoms with E-state index in [9.17, 15) is 9.18 Å². The van der Waals surface area contributed by atoms with E-state index < -0.39 is 41.7 Å². The molecule has 6 nitrogen and oxygen atoms in total. The molecule has 1 amide bonds. The van der Waals surface area contributed by atoms with Crippen LogP contribution in [0.5, 0.6) is 0 Å². The quantitative estimate of drug-likeness (QED) is 0.533. The summed E-state index contributed by atoms with van der Waals surface area (Å²) in [7, 11) is -0.417. The second-order valence-corrected chi connectivity index (χ2v) is 12.6. The number of nitrogens with zero attached hydrogens (tertiary/aromatic N) is 2. The fourth-order valence-corrected chi connectivity index (χ4v) is 5.17. The normalized spacial score (nSPS) is 26.2. The van der Waals surface area contributed by atoms with Gasteiger partial charge in [0.15, 0.2) is 0 Å². The molecule has 1 aromatic heterocycles. The molecule has 0 aliphatic carbocycles. The number of hydrogen-bond donors (Lipinski definition) is 0. The second-order valence-electron chi connectivity index (χ2n) is 11.5. The first-order chi connectivity index (χ1) is 15.6. The van der Waals surface area contributed by atoms with Gasteiger partial charge in [0, 0.05) is 12.6 Å². The van der Waals surface area contributed by atoms with Gasteiger partial charge in [-0.3, -0.25) is 4.90 Å². The van der Waals surface area contributed by atoms with E-state index in [4.69, 9.17) is 14.0 Å². The van der Waals surface area contributed by atoms with Gasteiger partial charge in [0.2, 0.25) is 0 Å². The number of amides is 1. The lowest BCUT2D eigenvalue weighted by molar-refractivity contribution is 0.00578. The number of aromatic nitrogens is 1. The van der Waals surface area contributed by atoms with Crippen LogP contribution in [0.1, 0.15) is 72.9 Å². The summed E-state index contributed by atoms with van der Waals surface area (Å²) in [6.07, 6.45) is 1.47. The van der Waals surface area contributed by atoms with E-state index in [1.165, 1.54) is 23.2 Å². The van der Waals surface area contributed by atoms with Crippen LogP contribution in [0.4, 0.5) is 9.18 Å². The number of benzene rings is 1. The third-order valence-corrected chi connectivity index (χ3v) is 7.80. The van der Waals surface area contributed by atoms with Crippen LogP contribution in [0.15, 0.2) is 30.5 Å². The summed E-state index contributed by atoms with van der Waals surface area (Å²) in [5.41, 5.74) is -0.979. The van der Waals surface area contributed by atoms with Gasteiger partial charge in [0.1, 0.15) is 16.3 Å². The van der Waals surface area contributed by atoms with Crippen molar-refractivity contribution in [3.63, 3.8) is 0 Å². The summed E-state index contributed by atoms with van der Waals surface area (Å²) in [5.74, 6) is 0. The molecule has 2 saturated heterocycles. The van der Waals surface area contributed by atoms with Gasteiger partial charge in [-0.05, 0) is 66.4 Å². The van der Waals surface area contributed by atoms with Crippen LogP contribution < -0.4 is 5.46 Å². The molecular weight excluding hydrogens is 454 g/mol. The number of carbonyl (C=O) groups is 1. The van der Waals surface area contributed by atoms with Crippen LogP contribution in [0, 0.1) is 0 Å². The summed E-state index contributed by atoms with van der Waals surface area (Å²) < 4.78 is 32.7. The lowest BCUT2D eigenvalue weighted by Gasteiger charge is -2.32. The van der Waals surface area contributed by atoms with Crippen molar-refractivity contribution in [2.45, 2.75) is 90.3 Å². The van der Waals surface area contributed by atoms with Crippen molar-refractivity contribution in [2.75, 3.05) is 6.54 Å². The molecule has 1 aromatic carbocycles. The lowest BCUT2D eigenvalue weighted by Crippen LogP contribution is -2.41.